The molecule has 0 aliphatic carbocycles. The molecule has 1 unspecified atom stereocenters. The van der Waals surface area contributed by atoms with Crippen molar-refractivity contribution in [2.75, 3.05) is 7.11 Å². The smallest absolute Gasteiger partial charge is 0.417 e. The lowest BCUT2D eigenvalue weighted by molar-refractivity contribution is -0.128. The Morgan fingerprint density at radius 3 is 2.41 bits per heavy atom. The topological polar surface area (TPSA) is 65.1 Å². The van der Waals surface area contributed by atoms with Gasteiger partial charge in [-0.25, -0.2) is 9.69 Å². The predicted octanol–water partition coefficient (Wildman–Crippen LogP) is 5.51. The summed E-state index contributed by atoms with van der Waals surface area (Å²) in [6.07, 6.45) is -0.478. The van der Waals surface area contributed by atoms with Gasteiger partial charge in [-0.15, -0.1) is 0 Å². The van der Waals surface area contributed by atoms with E-state index in [1.165, 1.54) is 4.90 Å². The van der Waals surface area contributed by atoms with Gasteiger partial charge in [0.2, 0.25) is 5.91 Å². The van der Waals surface area contributed by atoms with Gasteiger partial charge in [-0.3, -0.25) is 4.79 Å². The molecule has 1 heterocycles. The zero-order chi connectivity index (χ0) is 24.3. The number of nitrogens with zero attached hydrogens (tertiary/aromatic N) is 1. The Bertz CT molecular complexity index is 1160. The Labute approximate surface area is 200 Å². The number of carbonyl (C=O) groups is 2. The predicted molar refractivity (Wildman–Crippen MR) is 131 cm³/mol. The molecule has 2 amide bonds. The first kappa shape index (κ1) is 23.8. The fourth-order valence-corrected chi connectivity index (χ4v) is 4.32. The fourth-order valence-electron chi connectivity index (χ4n) is 4.32. The number of imide groups is 1. The van der Waals surface area contributed by atoms with E-state index >= 15 is 0 Å². The van der Waals surface area contributed by atoms with Gasteiger partial charge in [0.15, 0.2) is 0 Å². The van der Waals surface area contributed by atoms with E-state index in [1.54, 1.807) is 27.9 Å². The van der Waals surface area contributed by atoms with Crippen molar-refractivity contribution in [2.45, 2.75) is 58.0 Å². The van der Waals surface area contributed by atoms with Crippen LogP contribution in [0.4, 0.5) is 4.79 Å². The minimum Gasteiger partial charge on any atom is -0.497 e. The average molecular weight is 462 g/mol. The second-order valence-electron chi connectivity index (χ2n) is 9.56. The lowest BCUT2D eigenvalue weighted by Crippen LogP contribution is -2.45. The number of carbonyl (C=O) groups excluding carboxylic acids is 2. The highest BCUT2D eigenvalue weighted by molar-refractivity contribution is 5.95. The Hall–Kier alpha value is -3.38. The molecular weight excluding hydrogens is 430 g/mol. The number of hydrogen-bond acceptors (Lipinski definition) is 5. The van der Waals surface area contributed by atoms with Crippen molar-refractivity contribution in [2.24, 2.45) is 0 Å². The highest BCUT2D eigenvalue weighted by Gasteiger charge is 2.45. The van der Waals surface area contributed by atoms with Crippen LogP contribution in [0.15, 0.2) is 66.7 Å². The maximum absolute atomic E-state index is 13.0. The molecule has 3 aromatic carbocycles. The number of likely N-dealkylation sites (tertiary alicyclic amines) is 1. The number of benzene rings is 3. The van der Waals surface area contributed by atoms with Gasteiger partial charge in [0, 0.05) is 0 Å². The molecule has 0 aromatic heterocycles. The molecule has 0 radical (unpaired) electrons. The summed E-state index contributed by atoms with van der Waals surface area (Å²) < 4.78 is 17.1. The Kier molecular flexibility index (Phi) is 6.89. The van der Waals surface area contributed by atoms with Gasteiger partial charge in [0.25, 0.3) is 0 Å². The van der Waals surface area contributed by atoms with Gasteiger partial charge in [0.1, 0.15) is 11.4 Å². The maximum Gasteiger partial charge on any atom is 0.417 e. The summed E-state index contributed by atoms with van der Waals surface area (Å²) in [7, 11) is 1.62. The summed E-state index contributed by atoms with van der Waals surface area (Å²) in [5.74, 6) is 0.467. The van der Waals surface area contributed by atoms with Crippen LogP contribution in [0, 0.1) is 0 Å². The molecule has 1 aliphatic heterocycles. The van der Waals surface area contributed by atoms with E-state index in [9.17, 15) is 9.59 Å². The van der Waals surface area contributed by atoms with Gasteiger partial charge in [-0.2, -0.15) is 0 Å². The van der Waals surface area contributed by atoms with Crippen LogP contribution in [0.5, 0.6) is 5.75 Å². The first-order valence-electron chi connectivity index (χ1n) is 11.5. The van der Waals surface area contributed by atoms with E-state index in [0.717, 1.165) is 27.6 Å². The lowest BCUT2D eigenvalue weighted by Gasteiger charge is -2.29. The molecule has 4 rings (SSSR count). The third kappa shape index (κ3) is 5.39. The van der Waals surface area contributed by atoms with Crippen LogP contribution in [-0.2, 0) is 27.3 Å². The molecule has 0 saturated carbocycles. The van der Waals surface area contributed by atoms with E-state index in [2.05, 4.69) is 18.2 Å². The van der Waals surface area contributed by atoms with Crippen LogP contribution in [0.25, 0.3) is 10.8 Å². The summed E-state index contributed by atoms with van der Waals surface area (Å²) in [6, 6.07) is 21.4. The normalized spacial score (nSPS) is 18.4. The molecule has 34 heavy (non-hydrogen) atoms. The van der Waals surface area contributed by atoms with Gasteiger partial charge in [-0.1, -0.05) is 54.6 Å². The van der Waals surface area contributed by atoms with Gasteiger partial charge in [-0.05, 0) is 61.2 Å². The van der Waals surface area contributed by atoms with Crippen LogP contribution in [0.3, 0.4) is 0 Å². The van der Waals surface area contributed by atoms with Crippen molar-refractivity contribution < 1.29 is 23.8 Å². The Balaban J connectivity index is 1.58. The van der Waals surface area contributed by atoms with Crippen LogP contribution in [0.2, 0.25) is 0 Å². The quantitative estimate of drug-likeness (QED) is 0.484. The summed E-state index contributed by atoms with van der Waals surface area (Å²) in [5, 5.41) is 2.25. The molecule has 1 saturated heterocycles. The first-order chi connectivity index (χ1) is 16.2. The largest absolute Gasteiger partial charge is 0.497 e. The molecule has 0 spiro atoms. The molecule has 178 valence electrons. The first-order valence-corrected chi connectivity index (χ1v) is 11.5. The molecular formula is C28H31NO5. The number of amides is 2. The second-order valence-corrected chi connectivity index (χ2v) is 9.56. The highest BCUT2D eigenvalue weighted by atomic mass is 16.6. The van der Waals surface area contributed by atoms with Gasteiger partial charge >= 0.3 is 6.09 Å². The third-order valence-electron chi connectivity index (χ3n) is 5.93. The molecule has 0 bridgehead atoms. The van der Waals surface area contributed by atoms with Crippen LogP contribution in [0.1, 0.15) is 38.3 Å². The second kappa shape index (κ2) is 9.85. The number of rotatable bonds is 6. The average Bonchev–Trinajstić information content (AvgIpc) is 3.11. The van der Waals surface area contributed by atoms with Crippen molar-refractivity contribution in [1.29, 1.82) is 0 Å². The van der Waals surface area contributed by atoms with Crippen molar-refractivity contribution in [1.82, 2.24) is 4.90 Å². The Morgan fingerprint density at radius 2 is 1.71 bits per heavy atom. The molecule has 1 aliphatic rings. The standard InChI is InChI=1S/C28H31NO5/c1-28(2,3)34-27(31)29-24(16-19-12-14-22(32-4)15-13-19)25(17-26(29)30)33-18-21-10-7-9-20-8-5-6-11-23(20)21/h5-15,24-25H,16-18H2,1-4H3/t24-,25?/m0/s1. The maximum atomic E-state index is 13.0. The summed E-state index contributed by atoms with van der Waals surface area (Å²) in [5.41, 5.74) is 1.32. The molecule has 1 fully saturated rings. The monoisotopic (exact) mass is 461 g/mol. The highest BCUT2D eigenvalue weighted by Crippen LogP contribution is 2.30. The molecule has 3 aromatic rings. The molecule has 0 N–H and O–H groups in total. The van der Waals surface area contributed by atoms with Crippen molar-refractivity contribution in [3.63, 3.8) is 0 Å². The molecule has 6 nitrogen and oxygen atoms in total. The van der Waals surface area contributed by atoms with Crippen molar-refractivity contribution in [3.8, 4) is 5.75 Å². The number of ether oxygens (including phenoxy) is 3. The summed E-state index contributed by atoms with van der Waals surface area (Å²) >= 11 is 0. The van der Waals surface area contributed by atoms with E-state index in [-0.39, 0.29) is 12.3 Å². The summed E-state index contributed by atoms with van der Waals surface area (Å²) in [4.78, 5) is 27.2. The fraction of sp³-hybridized carbons (Fsp3) is 0.357. The summed E-state index contributed by atoms with van der Waals surface area (Å²) in [6.45, 7) is 5.72. The molecule has 6 heteroatoms. The van der Waals surface area contributed by atoms with Crippen LogP contribution >= 0.6 is 0 Å². The number of methoxy groups -OCH3 is 1. The SMILES string of the molecule is COc1ccc(C[C@H]2C(OCc3cccc4ccccc34)CC(=O)N2C(=O)OC(C)(C)C)cc1. The minimum atomic E-state index is -0.704. The van der Waals surface area contributed by atoms with Crippen molar-refractivity contribution >= 4 is 22.8 Å². The zero-order valence-electron chi connectivity index (χ0n) is 20.1. The van der Waals surface area contributed by atoms with Gasteiger partial charge < -0.3 is 14.2 Å². The zero-order valence-corrected chi connectivity index (χ0v) is 20.1. The van der Waals surface area contributed by atoms with E-state index < -0.39 is 23.8 Å². The third-order valence-corrected chi connectivity index (χ3v) is 5.93. The van der Waals surface area contributed by atoms with E-state index in [1.807, 2.05) is 48.5 Å². The molecule has 2 atom stereocenters. The number of hydrogen-bond donors (Lipinski definition) is 0. The van der Waals surface area contributed by atoms with Crippen LogP contribution < -0.4 is 4.74 Å². The van der Waals surface area contributed by atoms with Crippen molar-refractivity contribution in [3.05, 3.63) is 77.9 Å². The van der Waals surface area contributed by atoms with E-state index in [4.69, 9.17) is 14.2 Å². The minimum absolute atomic E-state index is 0.130. The van der Waals surface area contributed by atoms with Crippen LogP contribution in [-0.4, -0.2) is 41.8 Å². The lowest BCUT2D eigenvalue weighted by atomic mass is 10.0. The van der Waals surface area contributed by atoms with E-state index in [0.29, 0.717) is 13.0 Å². The Morgan fingerprint density at radius 1 is 1.00 bits per heavy atom. The van der Waals surface area contributed by atoms with Gasteiger partial charge in [0.05, 0.1) is 32.3 Å². The number of fused-ring (bicyclic) bond motifs is 1.